The second kappa shape index (κ2) is 5.67. The number of hydrogen-bond acceptors (Lipinski definition) is 5. The maximum Gasteiger partial charge on any atom is 0.419 e. The third-order valence-corrected chi connectivity index (χ3v) is 4.25. The van der Waals surface area contributed by atoms with Crippen LogP contribution >= 0.6 is 0 Å². The molecule has 0 bridgehead atoms. The quantitative estimate of drug-likeness (QED) is 0.786. The van der Waals surface area contributed by atoms with E-state index in [1.165, 1.54) is 21.8 Å². The molecular formula is C10H16N4O5S. The van der Waals surface area contributed by atoms with Crippen molar-refractivity contribution in [1.29, 1.82) is 0 Å². The Hall–Kier alpha value is -1.81. The van der Waals surface area contributed by atoms with Gasteiger partial charge in [0.25, 0.3) is 0 Å². The first-order chi connectivity index (χ1) is 9.38. The van der Waals surface area contributed by atoms with E-state index < -0.39 is 16.3 Å². The van der Waals surface area contributed by atoms with Crippen molar-refractivity contribution < 1.29 is 23.1 Å². The number of amides is 1. The summed E-state index contributed by atoms with van der Waals surface area (Å²) >= 11 is 0. The molecule has 2 heterocycles. The minimum atomic E-state index is -4.20. The standard InChI is InChI=1S/C10H16N4O5S/c1-13-6-8(5-11-13)14(7-9-3-2-4-19-9)20(17,18)12-10(15)16/h5-6,9,12H,2-4,7H2,1H3,(H,15,16)/t9-/m1/s1. The van der Waals surface area contributed by atoms with Crippen molar-refractivity contribution in [2.75, 3.05) is 17.5 Å². The fraction of sp³-hybridized carbons (Fsp3) is 0.600. The van der Waals surface area contributed by atoms with Crippen molar-refractivity contribution in [3.63, 3.8) is 0 Å². The Balaban J connectivity index is 2.25. The SMILES string of the molecule is Cn1cc(N(C[C@H]2CCCO2)S(=O)(=O)NC(=O)O)cn1. The summed E-state index contributed by atoms with van der Waals surface area (Å²) in [5.41, 5.74) is 0.289. The van der Waals surface area contributed by atoms with E-state index in [0.717, 1.165) is 17.1 Å². The van der Waals surface area contributed by atoms with Crippen LogP contribution in [0.3, 0.4) is 0 Å². The van der Waals surface area contributed by atoms with Crippen LogP contribution in [0.15, 0.2) is 12.4 Å². The number of aromatic nitrogens is 2. The van der Waals surface area contributed by atoms with Gasteiger partial charge in [0.05, 0.1) is 24.5 Å². The molecular weight excluding hydrogens is 288 g/mol. The number of anilines is 1. The minimum absolute atomic E-state index is 0.0499. The van der Waals surface area contributed by atoms with Crippen molar-refractivity contribution in [1.82, 2.24) is 14.5 Å². The number of nitrogens with one attached hydrogen (secondary N) is 1. The molecule has 20 heavy (non-hydrogen) atoms. The summed E-state index contributed by atoms with van der Waals surface area (Å²) in [7, 11) is -2.55. The van der Waals surface area contributed by atoms with Crippen LogP contribution in [0, 0.1) is 0 Å². The third-order valence-electron chi connectivity index (χ3n) is 2.88. The van der Waals surface area contributed by atoms with Crippen molar-refractivity contribution in [3.05, 3.63) is 12.4 Å². The Bertz CT molecular complexity index is 578. The van der Waals surface area contributed by atoms with Crippen LogP contribution in [0.4, 0.5) is 10.5 Å². The van der Waals surface area contributed by atoms with E-state index in [4.69, 9.17) is 9.84 Å². The number of carbonyl (C=O) groups is 1. The maximum atomic E-state index is 12.1. The van der Waals surface area contributed by atoms with E-state index in [9.17, 15) is 13.2 Å². The van der Waals surface area contributed by atoms with Gasteiger partial charge in [0.15, 0.2) is 0 Å². The summed E-state index contributed by atoms with van der Waals surface area (Å²) in [6, 6.07) is 0. The van der Waals surface area contributed by atoms with Gasteiger partial charge in [-0.15, -0.1) is 0 Å². The number of aryl methyl sites for hydroxylation is 1. The average molecular weight is 304 g/mol. The molecule has 1 amide bonds. The van der Waals surface area contributed by atoms with Gasteiger partial charge in [0.1, 0.15) is 0 Å². The lowest BCUT2D eigenvalue weighted by atomic mass is 10.2. The van der Waals surface area contributed by atoms with E-state index in [1.807, 2.05) is 0 Å². The number of rotatable bonds is 5. The summed E-state index contributed by atoms with van der Waals surface area (Å²) in [5, 5.41) is 12.5. The maximum absolute atomic E-state index is 12.1. The molecule has 0 saturated carbocycles. The molecule has 1 aromatic rings. The zero-order valence-electron chi connectivity index (χ0n) is 10.9. The molecule has 0 spiro atoms. The monoisotopic (exact) mass is 304 g/mol. The van der Waals surface area contributed by atoms with Crippen molar-refractivity contribution >= 4 is 22.0 Å². The highest BCUT2D eigenvalue weighted by Gasteiger charge is 2.30. The molecule has 1 atom stereocenters. The average Bonchev–Trinajstić information content (AvgIpc) is 2.95. The van der Waals surface area contributed by atoms with Crippen LogP contribution in [0.1, 0.15) is 12.8 Å². The minimum Gasteiger partial charge on any atom is -0.464 e. The molecule has 0 unspecified atom stereocenters. The molecule has 9 nitrogen and oxygen atoms in total. The zero-order chi connectivity index (χ0) is 14.8. The highest BCUT2D eigenvalue weighted by atomic mass is 32.2. The number of ether oxygens (including phenoxy) is 1. The van der Waals surface area contributed by atoms with Gasteiger partial charge in [-0.1, -0.05) is 0 Å². The highest BCUT2D eigenvalue weighted by molar-refractivity contribution is 7.91. The number of nitrogens with zero attached hydrogens (tertiary/aromatic N) is 3. The molecule has 0 radical (unpaired) electrons. The van der Waals surface area contributed by atoms with Gasteiger partial charge in [-0.2, -0.15) is 13.5 Å². The first-order valence-electron chi connectivity index (χ1n) is 6.02. The molecule has 112 valence electrons. The van der Waals surface area contributed by atoms with E-state index in [1.54, 1.807) is 7.05 Å². The zero-order valence-corrected chi connectivity index (χ0v) is 11.7. The fourth-order valence-electron chi connectivity index (χ4n) is 2.02. The Morgan fingerprint density at radius 2 is 2.45 bits per heavy atom. The van der Waals surface area contributed by atoms with Gasteiger partial charge in [-0.25, -0.2) is 13.8 Å². The Morgan fingerprint density at radius 1 is 1.70 bits per heavy atom. The Labute approximate surface area is 116 Å². The van der Waals surface area contributed by atoms with Gasteiger partial charge in [-0.05, 0) is 12.8 Å². The molecule has 1 fully saturated rings. The highest BCUT2D eigenvalue weighted by Crippen LogP contribution is 2.21. The number of hydrogen-bond donors (Lipinski definition) is 2. The largest absolute Gasteiger partial charge is 0.464 e. The summed E-state index contributed by atoms with van der Waals surface area (Å²) in [4.78, 5) is 10.6. The third kappa shape index (κ3) is 3.39. The van der Waals surface area contributed by atoms with Crippen LogP contribution < -0.4 is 9.03 Å². The summed E-state index contributed by atoms with van der Waals surface area (Å²) in [6.45, 7) is 0.631. The molecule has 0 aromatic carbocycles. The van der Waals surface area contributed by atoms with Crippen LogP contribution in [0.5, 0.6) is 0 Å². The first-order valence-corrected chi connectivity index (χ1v) is 7.46. The van der Waals surface area contributed by atoms with Crippen molar-refractivity contribution in [2.45, 2.75) is 18.9 Å². The molecule has 2 N–H and O–H groups in total. The van der Waals surface area contributed by atoms with Crippen LogP contribution in [0.25, 0.3) is 0 Å². The van der Waals surface area contributed by atoms with Crippen LogP contribution in [-0.4, -0.2) is 48.7 Å². The summed E-state index contributed by atoms with van der Waals surface area (Å²) in [5.74, 6) is 0. The lowest BCUT2D eigenvalue weighted by Crippen LogP contribution is -2.46. The predicted octanol–water partition coefficient (Wildman–Crippen LogP) is -0.0821. The number of carboxylic acid groups (broad SMARTS) is 1. The van der Waals surface area contributed by atoms with Gasteiger partial charge in [0, 0.05) is 19.9 Å². The van der Waals surface area contributed by atoms with Gasteiger partial charge in [0.2, 0.25) is 0 Å². The van der Waals surface area contributed by atoms with E-state index in [-0.39, 0.29) is 18.3 Å². The van der Waals surface area contributed by atoms with Crippen molar-refractivity contribution in [2.24, 2.45) is 7.05 Å². The molecule has 1 aromatic heterocycles. The lowest BCUT2D eigenvalue weighted by Gasteiger charge is -2.24. The first kappa shape index (κ1) is 14.6. The fourth-order valence-corrected chi connectivity index (χ4v) is 3.08. The predicted molar refractivity (Wildman–Crippen MR) is 69.6 cm³/mol. The van der Waals surface area contributed by atoms with Crippen LogP contribution in [0.2, 0.25) is 0 Å². The van der Waals surface area contributed by atoms with E-state index in [2.05, 4.69) is 5.10 Å². The molecule has 1 saturated heterocycles. The Morgan fingerprint density at radius 3 is 2.95 bits per heavy atom. The second-order valence-electron chi connectivity index (χ2n) is 4.45. The second-order valence-corrected chi connectivity index (χ2v) is 6.05. The topological polar surface area (TPSA) is 114 Å². The van der Waals surface area contributed by atoms with E-state index >= 15 is 0 Å². The van der Waals surface area contributed by atoms with Crippen LogP contribution in [-0.2, 0) is 22.0 Å². The summed E-state index contributed by atoms with van der Waals surface area (Å²) < 4.78 is 33.5. The van der Waals surface area contributed by atoms with E-state index in [0.29, 0.717) is 6.61 Å². The summed E-state index contributed by atoms with van der Waals surface area (Å²) in [6.07, 6.45) is 2.57. The van der Waals surface area contributed by atoms with Gasteiger partial charge >= 0.3 is 16.3 Å². The van der Waals surface area contributed by atoms with Crippen molar-refractivity contribution in [3.8, 4) is 0 Å². The molecule has 1 aliphatic rings. The molecule has 2 rings (SSSR count). The van der Waals surface area contributed by atoms with Gasteiger partial charge < -0.3 is 9.84 Å². The Kier molecular flexibility index (Phi) is 4.14. The smallest absolute Gasteiger partial charge is 0.419 e. The normalized spacial score (nSPS) is 18.9. The van der Waals surface area contributed by atoms with Gasteiger partial charge in [-0.3, -0.25) is 4.68 Å². The molecule has 10 heteroatoms. The lowest BCUT2D eigenvalue weighted by molar-refractivity contribution is 0.118. The molecule has 0 aliphatic carbocycles. The molecule has 1 aliphatic heterocycles.